The molecule has 0 aromatic heterocycles. The molecule has 0 N–H and O–H groups in total. The Hall–Kier alpha value is -1.17. The minimum absolute atomic E-state index is 1.14. The molecule has 0 heterocycles. The van der Waals surface area contributed by atoms with E-state index in [0.717, 1.165) is 12.8 Å². The Morgan fingerprint density at radius 2 is 1.15 bits per heavy atom. The first-order valence-electron chi connectivity index (χ1n) is 7.99. The molecule has 0 fully saturated rings. The van der Waals surface area contributed by atoms with Crippen LogP contribution in [0.2, 0.25) is 0 Å². The normalized spacial score (nSPS) is 10.4. The molecule has 0 spiro atoms. The van der Waals surface area contributed by atoms with Gasteiger partial charge >= 0.3 is 0 Å². The Morgan fingerprint density at radius 3 is 1.50 bits per heavy atom. The molecule has 0 saturated heterocycles. The van der Waals surface area contributed by atoms with Crippen molar-refractivity contribution in [3.63, 3.8) is 0 Å². The first-order valence-corrected chi connectivity index (χ1v) is 7.99. The van der Waals surface area contributed by atoms with E-state index in [0.29, 0.717) is 0 Å². The standard InChI is InChI=1S/C18H28B2/c1-3-5-7-9-11-15-13-18(20)16(14-17(15)19)12-10-8-6-4-2/h3-4,13-14H,1-2,5-12,19-20H2. The molecular weight excluding hydrogens is 238 g/mol. The van der Waals surface area contributed by atoms with E-state index < -0.39 is 0 Å². The lowest BCUT2D eigenvalue weighted by Gasteiger charge is -2.13. The maximum absolute atomic E-state index is 3.78. The van der Waals surface area contributed by atoms with Gasteiger partial charge in [-0.25, -0.2) is 0 Å². The number of hydrogen-bond acceptors (Lipinski definition) is 0. The van der Waals surface area contributed by atoms with Crippen LogP contribution in [0.4, 0.5) is 0 Å². The van der Waals surface area contributed by atoms with Gasteiger partial charge < -0.3 is 0 Å². The summed E-state index contributed by atoms with van der Waals surface area (Å²) in [7, 11) is 4.52. The quantitative estimate of drug-likeness (QED) is 0.345. The molecule has 0 amide bonds. The van der Waals surface area contributed by atoms with Crippen LogP contribution in [0.25, 0.3) is 0 Å². The van der Waals surface area contributed by atoms with Gasteiger partial charge in [-0.3, -0.25) is 0 Å². The van der Waals surface area contributed by atoms with Gasteiger partial charge in [0.2, 0.25) is 0 Å². The highest BCUT2D eigenvalue weighted by atomic mass is 14.1. The van der Waals surface area contributed by atoms with Crippen LogP contribution in [0, 0.1) is 0 Å². The fourth-order valence-corrected chi connectivity index (χ4v) is 2.68. The number of hydrogen-bond donors (Lipinski definition) is 0. The van der Waals surface area contributed by atoms with Gasteiger partial charge in [-0.15, -0.1) is 13.2 Å². The van der Waals surface area contributed by atoms with Gasteiger partial charge in [0.05, 0.1) is 0 Å². The average molecular weight is 266 g/mol. The van der Waals surface area contributed by atoms with Crippen molar-refractivity contribution < 1.29 is 0 Å². The predicted molar refractivity (Wildman–Crippen MR) is 98.3 cm³/mol. The summed E-state index contributed by atoms with van der Waals surface area (Å²) in [6.07, 6.45) is 13.8. The second-order valence-corrected chi connectivity index (χ2v) is 5.77. The number of benzene rings is 1. The summed E-state index contributed by atoms with van der Waals surface area (Å²) in [5.41, 5.74) is 5.99. The summed E-state index contributed by atoms with van der Waals surface area (Å²) < 4.78 is 0. The van der Waals surface area contributed by atoms with Gasteiger partial charge in [-0.05, 0) is 51.4 Å². The molecule has 0 saturated carbocycles. The highest BCUT2D eigenvalue weighted by Gasteiger charge is 2.04. The zero-order chi connectivity index (χ0) is 14.8. The van der Waals surface area contributed by atoms with Crippen molar-refractivity contribution in [2.24, 2.45) is 0 Å². The monoisotopic (exact) mass is 266 g/mol. The Morgan fingerprint density at radius 1 is 0.750 bits per heavy atom. The van der Waals surface area contributed by atoms with Crippen LogP contribution in [0.5, 0.6) is 0 Å². The van der Waals surface area contributed by atoms with E-state index in [9.17, 15) is 0 Å². The first kappa shape index (κ1) is 16.9. The predicted octanol–water partition coefficient (Wildman–Crippen LogP) is 2.00. The number of allylic oxidation sites excluding steroid dienone is 2. The van der Waals surface area contributed by atoms with Crippen LogP contribution < -0.4 is 10.9 Å². The van der Waals surface area contributed by atoms with Crippen molar-refractivity contribution in [3.05, 3.63) is 48.6 Å². The van der Waals surface area contributed by atoms with E-state index in [-0.39, 0.29) is 0 Å². The zero-order valence-corrected chi connectivity index (χ0v) is 13.4. The molecular formula is C18H28B2. The summed E-state index contributed by atoms with van der Waals surface area (Å²) in [5.74, 6) is 0. The summed E-state index contributed by atoms with van der Waals surface area (Å²) >= 11 is 0. The average Bonchev–Trinajstić information content (AvgIpc) is 2.44. The molecule has 0 aliphatic carbocycles. The molecule has 0 aliphatic rings. The fraction of sp³-hybridized carbons (Fsp3) is 0.444. The van der Waals surface area contributed by atoms with Gasteiger partial charge in [0, 0.05) is 0 Å². The Kier molecular flexibility index (Phi) is 8.18. The van der Waals surface area contributed by atoms with Gasteiger partial charge in [0.25, 0.3) is 0 Å². The maximum Gasteiger partial charge on any atom is 0.139 e. The lowest BCUT2D eigenvalue weighted by atomic mass is 9.79. The third kappa shape index (κ3) is 5.86. The van der Waals surface area contributed by atoms with E-state index in [2.05, 4.69) is 41.0 Å². The Labute approximate surface area is 127 Å². The third-order valence-corrected chi connectivity index (χ3v) is 4.00. The topological polar surface area (TPSA) is 0 Å². The van der Waals surface area contributed by atoms with Gasteiger partial charge in [0.1, 0.15) is 15.7 Å². The van der Waals surface area contributed by atoms with Crippen LogP contribution >= 0.6 is 0 Å². The molecule has 106 valence electrons. The second kappa shape index (κ2) is 9.69. The molecule has 0 nitrogen and oxygen atoms in total. The molecule has 2 heteroatoms. The maximum atomic E-state index is 3.78. The van der Waals surface area contributed by atoms with E-state index in [1.54, 1.807) is 0 Å². The van der Waals surface area contributed by atoms with Crippen LogP contribution in [-0.4, -0.2) is 15.7 Å². The number of unbranched alkanes of at least 4 members (excludes halogenated alkanes) is 4. The second-order valence-electron chi connectivity index (χ2n) is 5.77. The zero-order valence-electron chi connectivity index (χ0n) is 13.4. The minimum Gasteiger partial charge on any atom is -0.103 e. The minimum atomic E-state index is 1.14. The smallest absolute Gasteiger partial charge is 0.103 e. The van der Waals surface area contributed by atoms with E-state index in [1.165, 1.54) is 60.6 Å². The molecule has 1 aromatic rings. The van der Waals surface area contributed by atoms with Crippen LogP contribution in [0.1, 0.15) is 49.7 Å². The third-order valence-electron chi connectivity index (χ3n) is 4.00. The number of aryl methyl sites for hydroxylation is 2. The molecule has 20 heavy (non-hydrogen) atoms. The highest BCUT2D eigenvalue weighted by molar-refractivity contribution is 6.37. The molecule has 0 atom stereocenters. The summed E-state index contributed by atoms with van der Waals surface area (Å²) in [5, 5.41) is 0. The van der Waals surface area contributed by atoms with Crippen LogP contribution in [0.3, 0.4) is 0 Å². The van der Waals surface area contributed by atoms with Crippen molar-refractivity contribution in [2.75, 3.05) is 0 Å². The number of rotatable bonds is 10. The largest absolute Gasteiger partial charge is 0.139 e. The highest BCUT2D eigenvalue weighted by Crippen LogP contribution is 2.08. The van der Waals surface area contributed by atoms with Crippen molar-refractivity contribution >= 4 is 26.6 Å². The molecule has 1 aromatic carbocycles. The molecule has 0 aliphatic heterocycles. The summed E-state index contributed by atoms with van der Waals surface area (Å²) in [6.45, 7) is 7.57. The summed E-state index contributed by atoms with van der Waals surface area (Å²) in [4.78, 5) is 0. The van der Waals surface area contributed by atoms with Gasteiger partial charge in [-0.2, -0.15) is 0 Å². The van der Waals surface area contributed by atoms with Crippen LogP contribution in [-0.2, 0) is 12.8 Å². The summed E-state index contributed by atoms with van der Waals surface area (Å²) in [6, 6.07) is 4.82. The lowest BCUT2D eigenvalue weighted by Crippen LogP contribution is -2.21. The SMILES string of the molecule is Bc1cc(CCCCC=C)c(B)cc1CCCCC=C. The van der Waals surface area contributed by atoms with Gasteiger partial charge in [-0.1, -0.05) is 46.3 Å². The fourth-order valence-electron chi connectivity index (χ4n) is 2.68. The van der Waals surface area contributed by atoms with Crippen molar-refractivity contribution in [2.45, 2.75) is 51.4 Å². The molecule has 0 radical (unpaired) electrons. The van der Waals surface area contributed by atoms with E-state index in [4.69, 9.17) is 0 Å². The van der Waals surface area contributed by atoms with Crippen LogP contribution in [0.15, 0.2) is 37.4 Å². The molecule has 1 rings (SSSR count). The lowest BCUT2D eigenvalue weighted by molar-refractivity contribution is 0.745. The Balaban J connectivity index is 2.56. The molecule has 0 bridgehead atoms. The van der Waals surface area contributed by atoms with Crippen molar-refractivity contribution in [3.8, 4) is 0 Å². The van der Waals surface area contributed by atoms with E-state index in [1.807, 2.05) is 12.2 Å². The van der Waals surface area contributed by atoms with Crippen molar-refractivity contribution in [1.29, 1.82) is 0 Å². The Bertz CT molecular complexity index is 394. The first-order chi connectivity index (χ1) is 9.69. The van der Waals surface area contributed by atoms with E-state index >= 15 is 0 Å². The van der Waals surface area contributed by atoms with Crippen molar-refractivity contribution in [1.82, 2.24) is 0 Å². The van der Waals surface area contributed by atoms with Gasteiger partial charge in [0.15, 0.2) is 0 Å². The molecule has 0 unspecified atom stereocenters.